The van der Waals surface area contributed by atoms with Gasteiger partial charge in [0.05, 0.1) is 5.54 Å². The highest BCUT2D eigenvalue weighted by Crippen LogP contribution is 2.46. The number of ether oxygens (including phenoxy) is 1. The molecule has 0 saturated carbocycles. The van der Waals surface area contributed by atoms with Crippen LogP contribution in [0.25, 0.3) is 10.4 Å². The molecule has 0 bridgehead atoms. The van der Waals surface area contributed by atoms with Crippen molar-refractivity contribution in [2.75, 3.05) is 6.54 Å². The molecule has 0 spiro atoms. The van der Waals surface area contributed by atoms with E-state index >= 15 is 0 Å². The molecule has 1 aliphatic heterocycles. The SMILES string of the molecule is CC(C)(C)OC(=O)C1N(C(=O)O)CCC1(N=[N+]=[N-])C(C)(C)C. The topological polar surface area (TPSA) is 116 Å². The van der Waals surface area contributed by atoms with Crippen molar-refractivity contribution < 1.29 is 19.4 Å². The highest BCUT2D eigenvalue weighted by molar-refractivity contribution is 5.84. The first-order chi connectivity index (χ1) is 9.85. The molecule has 0 radical (unpaired) electrons. The van der Waals surface area contributed by atoms with Crippen LogP contribution in [0.3, 0.4) is 0 Å². The van der Waals surface area contributed by atoms with Crippen LogP contribution in [-0.4, -0.2) is 45.8 Å². The summed E-state index contributed by atoms with van der Waals surface area (Å²) < 4.78 is 5.37. The van der Waals surface area contributed by atoms with Crippen molar-refractivity contribution in [3.63, 3.8) is 0 Å². The average Bonchev–Trinajstić information content (AvgIpc) is 2.67. The molecule has 1 amide bonds. The van der Waals surface area contributed by atoms with E-state index in [0.717, 1.165) is 4.90 Å². The van der Waals surface area contributed by atoms with Gasteiger partial charge < -0.3 is 9.84 Å². The highest BCUT2D eigenvalue weighted by atomic mass is 16.6. The van der Waals surface area contributed by atoms with Gasteiger partial charge in [0.2, 0.25) is 0 Å². The van der Waals surface area contributed by atoms with Gasteiger partial charge in [-0.25, -0.2) is 9.59 Å². The summed E-state index contributed by atoms with van der Waals surface area (Å²) in [6, 6.07) is -1.15. The van der Waals surface area contributed by atoms with E-state index in [9.17, 15) is 14.7 Å². The van der Waals surface area contributed by atoms with Crippen LogP contribution in [0, 0.1) is 5.41 Å². The van der Waals surface area contributed by atoms with E-state index in [2.05, 4.69) is 10.0 Å². The Kier molecular flexibility index (Phi) is 4.67. The molecule has 0 aromatic heterocycles. The monoisotopic (exact) mass is 312 g/mol. The number of rotatable bonds is 2. The number of hydrogen-bond donors (Lipinski definition) is 1. The van der Waals surface area contributed by atoms with Crippen molar-refractivity contribution in [2.24, 2.45) is 10.5 Å². The zero-order valence-corrected chi connectivity index (χ0v) is 14.0. The molecule has 1 heterocycles. The predicted molar refractivity (Wildman–Crippen MR) is 80.3 cm³/mol. The Balaban J connectivity index is 3.40. The number of amides is 1. The van der Waals surface area contributed by atoms with E-state index < -0.39 is 34.7 Å². The van der Waals surface area contributed by atoms with Gasteiger partial charge in [-0.3, -0.25) is 4.90 Å². The van der Waals surface area contributed by atoms with Crippen molar-refractivity contribution in [2.45, 2.75) is 65.1 Å². The lowest BCUT2D eigenvalue weighted by atomic mass is 9.69. The van der Waals surface area contributed by atoms with E-state index in [1.807, 2.05) is 20.8 Å². The molecular formula is C14H24N4O4. The molecule has 1 fully saturated rings. The maximum absolute atomic E-state index is 12.6. The molecule has 124 valence electrons. The standard InChI is InChI=1S/C14H24N4O4/c1-12(2,3)14(16-17-15)7-8-18(11(20)21)9(14)10(19)22-13(4,5)6/h9H,7-8H2,1-6H3,(H,20,21). The van der Waals surface area contributed by atoms with Gasteiger partial charge >= 0.3 is 12.1 Å². The zero-order valence-electron chi connectivity index (χ0n) is 14.0. The molecule has 1 N–H and O–H groups in total. The Labute approximate surface area is 130 Å². The van der Waals surface area contributed by atoms with E-state index in [0.29, 0.717) is 0 Å². The fourth-order valence-electron chi connectivity index (χ4n) is 2.82. The molecule has 1 aliphatic rings. The van der Waals surface area contributed by atoms with Gasteiger partial charge in [0.1, 0.15) is 11.6 Å². The number of carbonyl (C=O) groups excluding carboxylic acids is 1. The Morgan fingerprint density at radius 1 is 1.32 bits per heavy atom. The maximum atomic E-state index is 12.6. The summed E-state index contributed by atoms with van der Waals surface area (Å²) in [4.78, 5) is 28.0. The fourth-order valence-corrected chi connectivity index (χ4v) is 2.82. The summed E-state index contributed by atoms with van der Waals surface area (Å²) in [5.74, 6) is -0.685. The van der Waals surface area contributed by atoms with Crippen LogP contribution in [0.2, 0.25) is 0 Å². The number of esters is 1. The summed E-state index contributed by atoms with van der Waals surface area (Å²) in [6.45, 7) is 10.7. The third-order valence-corrected chi connectivity index (χ3v) is 3.90. The smallest absolute Gasteiger partial charge is 0.408 e. The molecule has 0 aromatic rings. The first kappa shape index (κ1) is 18.1. The van der Waals surface area contributed by atoms with Crippen LogP contribution < -0.4 is 0 Å². The zero-order chi connectivity index (χ0) is 17.3. The molecule has 1 saturated heterocycles. The second-order valence-electron chi connectivity index (χ2n) is 7.53. The van der Waals surface area contributed by atoms with Crippen molar-refractivity contribution >= 4 is 12.1 Å². The highest BCUT2D eigenvalue weighted by Gasteiger charge is 2.59. The Morgan fingerprint density at radius 3 is 2.23 bits per heavy atom. The molecule has 8 nitrogen and oxygen atoms in total. The largest absolute Gasteiger partial charge is 0.465 e. The summed E-state index contributed by atoms with van der Waals surface area (Å²) >= 11 is 0. The lowest BCUT2D eigenvalue weighted by molar-refractivity contribution is -0.163. The average molecular weight is 312 g/mol. The van der Waals surface area contributed by atoms with Crippen LogP contribution >= 0.6 is 0 Å². The van der Waals surface area contributed by atoms with Gasteiger partial charge in [0.15, 0.2) is 0 Å². The van der Waals surface area contributed by atoms with Gasteiger partial charge in [0, 0.05) is 11.5 Å². The molecular weight excluding hydrogens is 288 g/mol. The first-order valence-corrected chi connectivity index (χ1v) is 7.14. The van der Waals surface area contributed by atoms with E-state index in [1.165, 1.54) is 0 Å². The number of hydrogen-bond acceptors (Lipinski definition) is 4. The van der Waals surface area contributed by atoms with E-state index in [1.54, 1.807) is 20.8 Å². The minimum atomic E-state index is -1.23. The number of carboxylic acid groups (broad SMARTS) is 1. The van der Waals surface area contributed by atoms with Gasteiger partial charge in [-0.2, -0.15) is 0 Å². The summed E-state index contributed by atoms with van der Waals surface area (Å²) in [5.41, 5.74) is 6.41. The third kappa shape index (κ3) is 3.27. The molecule has 2 atom stereocenters. The van der Waals surface area contributed by atoms with Crippen molar-refractivity contribution in [1.29, 1.82) is 0 Å². The fraction of sp³-hybridized carbons (Fsp3) is 0.857. The molecule has 22 heavy (non-hydrogen) atoms. The number of carbonyl (C=O) groups is 2. The molecule has 0 aliphatic carbocycles. The molecule has 8 heteroatoms. The minimum absolute atomic E-state index is 0.121. The summed E-state index contributed by atoms with van der Waals surface area (Å²) in [7, 11) is 0. The Bertz CT molecular complexity index is 514. The lowest BCUT2D eigenvalue weighted by Gasteiger charge is -2.42. The number of nitrogens with zero attached hydrogens (tertiary/aromatic N) is 4. The maximum Gasteiger partial charge on any atom is 0.408 e. The van der Waals surface area contributed by atoms with E-state index in [4.69, 9.17) is 10.3 Å². The molecule has 0 aromatic carbocycles. The second kappa shape index (κ2) is 5.68. The summed E-state index contributed by atoms with van der Waals surface area (Å²) in [6.07, 6.45) is -0.952. The van der Waals surface area contributed by atoms with Crippen molar-refractivity contribution in [3.8, 4) is 0 Å². The minimum Gasteiger partial charge on any atom is -0.465 e. The van der Waals surface area contributed by atoms with Crippen LogP contribution in [0.1, 0.15) is 48.0 Å². The molecule has 2 unspecified atom stereocenters. The second-order valence-corrected chi connectivity index (χ2v) is 7.53. The third-order valence-electron chi connectivity index (χ3n) is 3.90. The van der Waals surface area contributed by atoms with Crippen LogP contribution in [0.5, 0.6) is 0 Å². The number of azide groups is 1. The van der Waals surface area contributed by atoms with Crippen LogP contribution in [0.4, 0.5) is 4.79 Å². The Morgan fingerprint density at radius 2 is 1.86 bits per heavy atom. The van der Waals surface area contributed by atoms with Crippen LogP contribution in [-0.2, 0) is 9.53 Å². The molecule has 1 rings (SSSR count). The Hall–Kier alpha value is -1.95. The quantitative estimate of drug-likeness (QED) is 0.365. The first-order valence-electron chi connectivity index (χ1n) is 7.14. The van der Waals surface area contributed by atoms with E-state index in [-0.39, 0.29) is 13.0 Å². The van der Waals surface area contributed by atoms with Crippen molar-refractivity contribution in [1.82, 2.24) is 4.90 Å². The van der Waals surface area contributed by atoms with Crippen LogP contribution in [0.15, 0.2) is 5.11 Å². The van der Waals surface area contributed by atoms with Crippen molar-refractivity contribution in [3.05, 3.63) is 10.4 Å². The van der Waals surface area contributed by atoms with Gasteiger partial charge in [-0.15, -0.1) is 0 Å². The van der Waals surface area contributed by atoms with Gasteiger partial charge in [0.25, 0.3) is 0 Å². The summed E-state index contributed by atoms with van der Waals surface area (Å²) in [5, 5.41) is 13.2. The van der Waals surface area contributed by atoms with Gasteiger partial charge in [-0.1, -0.05) is 25.9 Å². The van der Waals surface area contributed by atoms with Gasteiger partial charge in [-0.05, 0) is 38.1 Å². The number of likely N-dealkylation sites (tertiary alicyclic amines) is 1. The lowest BCUT2D eigenvalue weighted by Crippen LogP contribution is -2.57. The normalized spacial score (nSPS) is 25.5. The predicted octanol–water partition coefficient (Wildman–Crippen LogP) is 3.18.